The Hall–Kier alpha value is -2.87. The van der Waals surface area contributed by atoms with Crippen LogP contribution >= 0.6 is 0 Å². The minimum Gasteiger partial charge on any atom is -0.357 e. The molecule has 1 amide bonds. The molecular formula is C13H10N4O. The van der Waals surface area contributed by atoms with Crippen LogP contribution in [0.25, 0.3) is 0 Å². The lowest BCUT2D eigenvalue weighted by molar-refractivity contribution is 0.0951. The number of nitrogens with one attached hydrogen (secondary N) is 2. The third kappa shape index (κ3) is 2.83. The molecule has 0 fully saturated rings. The Kier molecular flexibility index (Phi) is 3.52. The fourth-order valence-electron chi connectivity index (χ4n) is 1.34. The molecular weight excluding hydrogens is 228 g/mol. The van der Waals surface area contributed by atoms with Gasteiger partial charge in [0.25, 0.3) is 5.91 Å². The van der Waals surface area contributed by atoms with Gasteiger partial charge in [0.05, 0.1) is 17.8 Å². The van der Waals surface area contributed by atoms with Gasteiger partial charge in [0.15, 0.2) is 0 Å². The summed E-state index contributed by atoms with van der Waals surface area (Å²) in [6.45, 7) is 0. The van der Waals surface area contributed by atoms with Gasteiger partial charge in [-0.2, -0.15) is 10.4 Å². The van der Waals surface area contributed by atoms with Gasteiger partial charge in [0.2, 0.25) is 0 Å². The van der Waals surface area contributed by atoms with E-state index >= 15 is 0 Å². The number of carbonyl (C=O) groups excluding carboxylic acids is 1. The Morgan fingerprint density at radius 1 is 1.33 bits per heavy atom. The van der Waals surface area contributed by atoms with Crippen LogP contribution in [-0.4, -0.2) is 17.1 Å². The fourth-order valence-corrected chi connectivity index (χ4v) is 1.34. The predicted octanol–water partition coefficient (Wildman–Crippen LogP) is 1.65. The number of rotatable bonds is 3. The molecule has 0 spiro atoms. The lowest BCUT2D eigenvalue weighted by atomic mass is 10.2. The molecule has 0 aliphatic heterocycles. The molecule has 2 aromatic rings. The van der Waals surface area contributed by atoms with E-state index in [9.17, 15) is 4.79 Å². The van der Waals surface area contributed by atoms with Gasteiger partial charge < -0.3 is 4.98 Å². The number of aromatic amines is 1. The summed E-state index contributed by atoms with van der Waals surface area (Å²) in [4.78, 5) is 14.3. The van der Waals surface area contributed by atoms with E-state index < -0.39 is 0 Å². The van der Waals surface area contributed by atoms with E-state index in [-0.39, 0.29) is 5.91 Å². The number of nitriles is 1. The quantitative estimate of drug-likeness (QED) is 0.629. The summed E-state index contributed by atoms with van der Waals surface area (Å²) in [6.07, 6.45) is 3.18. The van der Waals surface area contributed by atoms with Crippen molar-refractivity contribution in [1.82, 2.24) is 10.4 Å². The average Bonchev–Trinajstić information content (AvgIpc) is 2.93. The SMILES string of the molecule is N#Cc1ccc(/C=N\NC(=O)c2ccc[nH]2)cc1. The van der Waals surface area contributed by atoms with Gasteiger partial charge >= 0.3 is 0 Å². The molecule has 0 aliphatic rings. The zero-order chi connectivity index (χ0) is 12.8. The first-order valence-corrected chi connectivity index (χ1v) is 5.26. The second kappa shape index (κ2) is 5.46. The highest BCUT2D eigenvalue weighted by Crippen LogP contribution is 2.00. The maximum absolute atomic E-state index is 11.5. The second-order valence-corrected chi connectivity index (χ2v) is 3.52. The highest BCUT2D eigenvalue weighted by atomic mass is 16.2. The minimum atomic E-state index is -0.301. The highest BCUT2D eigenvalue weighted by molar-refractivity contribution is 5.93. The minimum absolute atomic E-state index is 0.301. The highest BCUT2D eigenvalue weighted by Gasteiger charge is 2.02. The molecule has 5 heteroatoms. The van der Waals surface area contributed by atoms with Crippen molar-refractivity contribution in [3.05, 3.63) is 59.4 Å². The van der Waals surface area contributed by atoms with Crippen LogP contribution in [0, 0.1) is 11.3 Å². The Morgan fingerprint density at radius 2 is 2.11 bits per heavy atom. The predicted molar refractivity (Wildman–Crippen MR) is 67.0 cm³/mol. The summed E-state index contributed by atoms with van der Waals surface area (Å²) >= 11 is 0. The van der Waals surface area contributed by atoms with Crippen molar-refractivity contribution in [1.29, 1.82) is 5.26 Å². The van der Waals surface area contributed by atoms with Gasteiger partial charge in [-0.05, 0) is 29.8 Å². The van der Waals surface area contributed by atoms with E-state index in [1.807, 2.05) is 6.07 Å². The van der Waals surface area contributed by atoms with Gasteiger partial charge in [-0.25, -0.2) is 5.43 Å². The maximum Gasteiger partial charge on any atom is 0.287 e. The third-order valence-electron chi connectivity index (χ3n) is 2.26. The average molecular weight is 238 g/mol. The Labute approximate surface area is 104 Å². The first kappa shape index (κ1) is 11.6. The van der Waals surface area contributed by atoms with E-state index in [0.29, 0.717) is 11.3 Å². The van der Waals surface area contributed by atoms with Crippen molar-refractivity contribution in [2.45, 2.75) is 0 Å². The van der Waals surface area contributed by atoms with Crippen molar-refractivity contribution in [2.24, 2.45) is 5.10 Å². The number of hydrazone groups is 1. The molecule has 1 heterocycles. The van der Waals surface area contributed by atoms with E-state index in [1.165, 1.54) is 6.21 Å². The van der Waals surface area contributed by atoms with Crippen LogP contribution in [0.3, 0.4) is 0 Å². The largest absolute Gasteiger partial charge is 0.357 e. The van der Waals surface area contributed by atoms with Crippen molar-refractivity contribution in [3.63, 3.8) is 0 Å². The van der Waals surface area contributed by atoms with Crippen LogP contribution in [0.15, 0.2) is 47.7 Å². The molecule has 0 atom stereocenters. The Morgan fingerprint density at radius 3 is 2.72 bits per heavy atom. The summed E-state index contributed by atoms with van der Waals surface area (Å²) in [5.74, 6) is -0.301. The monoisotopic (exact) mass is 238 g/mol. The van der Waals surface area contributed by atoms with Crippen molar-refractivity contribution >= 4 is 12.1 Å². The van der Waals surface area contributed by atoms with Crippen LogP contribution in [0.2, 0.25) is 0 Å². The fraction of sp³-hybridized carbons (Fsp3) is 0. The first-order chi connectivity index (χ1) is 8.79. The van der Waals surface area contributed by atoms with E-state index in [1.54, 1.807) is 42.6 Å². The lowest BCUT2D eigenvalue weighted by Crippen LogP contribution is -2.17. The van der Waals surface area contributed by atoms with Crippen molar-refractivity contribution < 1.29 is 4.79 Å². The molecule has 1 aromatic carbocycles. The molecule has 0 saturated heterocycles. The van der Waals surface area contributed by atoms with Crippen LogP contribution in [0.4, 0.5) is 0 Å². The van der Waals surface area contributed by atoms with Gasteiger partial charge in [0, 0.05) is 6.20 Å². The van der Waals surface area contributed by atoms with Gasteiger partial charge in [-0.3, -0.25) is 4.79 Å². The molecule has 0 bridgehead atoms. The number of amides is 1. The summed E-state index contributed by atoms with van der Waals surface area (Å²) in [6, 6.07) is 12.3. The topological polar surface area (TPSA) is 81.0 Å². The van der Waals surface area contributed by atoms with Gasteiger partial charge in [-0.1, -0.05) is 12.1 Å². The number of benzene rings is 1. The molecule has 5 nitrogen and oxygen atoms in total. The number of aromatic nitrogens is 1. The normalized spacial score (nSPS) is 10.2. The molecule has 88 valence electrons. The van der Waals surface area contributed by atoms with Crippen LogP contribution in [0.1, 0.15) is 21.6 Å². The summed E-state index contributed by atoms with van der Waals surface area (Å²) in [7, 11) is 0. The summed E-state index contributed by atoms with van der Waals surface area (Å²) in [5.41, 5.74) is 4.24. The van der Waals surface area contributed by atoms with Gasteiger partial charge in [0.1, 0.15) is 5.69 Å². The Bertz CT molecular complexity index is 591. The second-order valence-electron chi connectivity index (χ2n) is 3.52. The smallest absolute Gasteiger partial charge is 0.287 e. The van der Waals surface area contributed by atoms with E-state index in [4.69, 9.17) is 5.26 Å². The van der Waals surface area contributed by atoms with Crippen LogP contribution in [-0.2, 0) is 0 Å². The molecule has 0 radical (unpaired) electrons. The van der Waals surface area contributed by atoms with Crippen molar-refractivity contribution in [2.75, 3.05) is 0 Å². The Balaban J connectivity index is 1.95. The molecule has 2 N–H and O–H groups in total. The number of carbonyl (C=O) groups is 1. The molecule has 0 unspecified atom stereocenters. The van der Waals surface area contributed by atoms with Crippen LogP contribution in [0.5, 0.6) is 0 Å². The maximum atomic E-state index is 11.5. The zero-order valence-electron chi connectivity index (χ0n) is 9.42. The molecule has 0 aliphatic carbocycles. The number of hydrogen-bond acceptors (Lipinski definition) is 3. The lowest BCUT2D eigenvalue weighted by Gasteiger charge is -1.96. The van der Waals surface area contributed by atoms with E-state index in [0.717, 1.165) is 5.56 Å². The summed E-state index contributed by atoms with van der Waals surface area (Å²) < 4.78 is 0. The standard InChI is InChI=1S/C13H10N4O/c14-8-10-3-5-11(6-4-10)9-16-17-13(18)12-2-1-7-15-12/h1-7,9,15H,(H,17,18)/b16-9-. The third-order valence-corrected chi connectivity index (χ3v) is 2.26. The molecule has 1 aromatic heterocycles. The number of nitrogens with zero attached hydrogens (tertiary/aromatic N) is 2. The molecule has 18 heavy (non-hydrogen) atoms. The number of hydrogen-bond donors (Lipinski definition) is 2. The first-order valence-electron chi connectivity index (χ1n) is 5.26. The number of H-pyrrole nitrogens is 1. The van der Waals surface area contributed by atoms with Gasteiger partial charge in [-0.15, -0.1) is 0 Å². The molecule has 2 rings (SSSR count). The molecule has 0 saturated carbocycles. The zero-order valence-corrected chi connectivity index (χ0v) is 9.42. The van der Waals surface area contributed by atoms with Crippen LogP contribution < -0.4 is 5.43 Å². The summed E-state index contributed by atoms with van der Waals surface area (Å²) in [5, 5.41) is 12.5. The van der Waals surface area contributed by atoms with Crippen molar-refractivity contribution in [3.8, 4) is 6.07 Å². The van der Waals surface area contributed by atoms with E-state index in [2.05, 4.69) is 15.5 Å².